The summed E-state index contributed by atoms with van der Waals surface area (Å²) in [5, 5.41) is 3.93. The van der Waals surface area contributed by atoms with E-state index in [2.05, 4.69) is 25.9 Å². The van der Waals surface area contributed by atoms with Crippen LogP contribution in [-0.4, -0.2) is 63.5 Å². The summed E-state index contributed by atoms with van der Waals surface area (Å²) in [5.74, 6) is -0.901. The van der Waals surface area contributed by atoms with Crippen LogP contribution in [0.15, 0.2) is 77.7 Å². The van der Waals surface area contributed by atoms with Crippen LogP contribution in [0.2, 0.25) is 0 Å². The Labute approximate surface area is 230 Å². The molecule has 0 aliphatic carbocycles. The van der Waals surface area contributed by atoms with Crippen molar-refractivity contribution in [2.45, 2.75) is 4.90 Å². The van der Waals surface area contributed by atoms with Gasteiger partial charge in [0.15, 0.2) is 5.13 Å². The van der Waals surface area contributed by atoms with Crippen LogP contribution in [-0.2, 0) is 10.0 Å². The van der Waals surface area contributed by atoms with Crippen LogP contribution >= 0.6 is 23.7 Å². The molecule has 4 aromatic rings. The number of hydrogen-bond donors (Lipinski definition) is 2. The van der Waals surface area contributed by atoms with Crippen molar-refractivity contribution in [1.82, 2.24) is 15.2 Å². The fourth-order valence-corrected chi connectivity index (χ4v) is 6.27. The van der Waals surface area contributed by atoms with E-state index in [1.165, 1.54) is 22.9 Å². The molecule has 1 aromatic heterocycles. The Morgan fingerprint density at radius 3 is 2.37 bits per heavy atom. The number of halogens is 2. The largest absolute Gasteiger partial charge is 0.351 e. The highest BCUT2D eigenvalue weighted by atomic mass is 35.5. The minimum atomic E-state index is -3.97. The molecular weight excluding hydrogens is 549 g/mol. The number of amides is 1. The van der Waals surface area contributed by atoms with Gasteiger partial charge < -0.3 is 10.2 Å². The van der Waals surface area contributed by atoms with Crippen molar-refractivity contribution in [1.29, 1.82) is 0 Å². The van der Waals surface area contributed by atoms with E-state index < -0.39 is 15.8 Å². The van der Waals surface area contributed by atoms with E-state index >= 15 is 0 Å². The Bertz CT molecular complexity index is 1470. The topological polar surface area (TPSA) is 94.6 Å². The molecule has 38 heavy (non-hydrogen) atoms. The molecule has 0 saturated carbocycles. The minimum absolute atomic E-state index is 0. The van der Waals surface area contributed by atoms with Gasteiger partial charge in [-0.2, -0.15) is 0 Å². The average Bonchev–Trinajstić information content (AvgIpc) is 3.34. The molecule has 1 aliphatic heterocycles. The van der Waals surface area contributed by atoms with Crippen LogP contribution < -0.4 is 14.9 Å². The second-order valence-electron chi connectivity index (χ2n) is 8.65. The predicted molar refractivity (Wildman–Crippen MR) is 152 cm³/mol. The Kier molecular flexibility index (Phi) is 8.83. The number of carbonyl (C=O) groups is 1. The van der Waals surface area contributed by atoms with Crippen molar-refractivity contribution in [3.05, 3.63) is 84.2 Å². The Hall–Kier alpha value is -3.25. The number of hydrogen-bond acceptors (Lipinski definition) is 7. The number of fused-ring (bicyclic) bond motifs is 1. The molecule has 1 fully saturated rings. The van der Waals surface area contributed by atoms with E-state index in [1.54, 1.807) is 29.5 Å². The third-order valence-electron chi connectivity index (χ3n) is 6.18. The number of piperazine rings is 1. The zero-order valence-electron chi connectivity index (χ0n) is 20.3. The fourth-order valence-electron chi connectivity index (χ4n) is 4.17. The number of carbonyl (C=O) groups excluding carboxylic acids is 1. The van der Waals surface area contributed by atoms with Gasteiger partial charge in [0, 0.05) is 39.3 Å². The molecule has 5 rings (SSSR count). The Morgan fingerprint density at radius 1 is 0.947 bits per heavy atom. The van der Waals surface area contributed by atoms with Gasteiger partial charge in [0.05, 0.1) is 26.4 Å². The Balaban J connectivity index is 0.00000336. The summed E-state index contributed by atoms with van der Waals surface area (Å²) in [5.41, 5.74) is 1.40. The first-order chi connectivity index (χ1) is 17.9. The molecule has 200 valence electrons. The molecule has 1 amide bonds. The van der Waals surface area contributed by atoms with Crippen molar-refractivity contribution in [3.8, 4) is 0 Å². The van der Waals surface area contributed by atoms with Gasteiger partial charge in [-0.15, -0.1) is 12.4 Å². The molecule has 0 unspecified atom stereocenters. The van der Waals surface area contributed by atoms with Crippen LogP contribution in [0, 0.1) is 5.82 Å². The predicted octanol–water partition coefficient (Wildman–Crippen LogP) is 4.21. The smallest absolute Gasteiger partial charge is 0.261 e. The summed E-state index contributed by atoms with van der Waals surface area (Å²) >= 11 is 1.70. The SMILES string of the molecule is Cl.O=C(NCCN1CCN(c2nc3ccccc3s2)CC1)c1ccccc1NS(=O)(=O)c1ccc(F)cc1. The molecule has 8 nitrogen and oxygen atoms in total. The lowest BCUT2D eigenvalue weighted by Crippen LogP contribution is -2.48. The number of rotatable bonds is 8. The van der Waals surface area contributed by atoms with Gasteiger partial charge in [0.1, 0.15) is 5.82 Å². The number of thiazole rings is 1. The van der Waals surface area contributed by atoms with Crippen molar-refractivity contribution in [2.75, 3.05) is 48.9 Å². The number of sulfonamides is 1. The summed E-state index contributed by atoms with van der Waals surface area (Å²) in [6, 6.07) is 19.0. The van der Waals surface area contributed by atoms with Gasteiger partial charge in [-0.25, -0.2) is 17.8 Å². The monoisotopic (exact) mass is 575 g/mol. The first-order valence-corrected chi connectivity index (χ1v) is 14.2. The summed E-state index contributed by atoms with van der Waals surface area (Å²) in [7, 11) is -3.97. The summed E-state index contributed by atoms with van der Waals surface area (Å²) in [4.78, 5) is 22.1. The molecule has 0 bridgehead atoms. The third kappa shape index (κ3) is 6.41. The zero-order valence-corrected chi connectivity index (χ0v) is 22.8. The number of aromatic nitrogens is 1. The summed E-state index contributed by atoms with van der Waals surface area (Å²) in [6.45, 7) is 4.56. The van der Waals surface area contributed by atoms with Crippen LogP contribution in [0.5, 0.6) is 0 Å². The second kappa shape index (κ2) is 12.1. The van der Waals surface area contributed by atoms with E-state index in [1.807, 2.05) is 18.2 Å². The maximum absolute atomic E-state index is 13.2. The van der Waals surface area contributed by atoms with E-state index in [9.17, 15) is 17.6 Å². The highest BCUT2D eigenvalue weighted by Gasteiger charge is 2.21. The fraction of sp³-hybridized carbons (Fsp3) is 0.231. The van der Waals surface area contributed by atoms with E-state index in [0.717, 1.165) is 49.0 Å². The van der Waals surface area contributed by atoms with E-state index in [4.69, 9.17) is 4.98 Å². The molecule has 12 heteroatoms. The maximum Gasteiger partial charge on any atom is 0.261 e. The van der Waals surface area contributed by atoms with Crippen LogP contribution in [0.1, 0.15) is 10.4 Å². The average molecular weight is 576 g/mol. The van der Waals surface area contributed by atoms with Crippen LogP contribution in [0.4, 0.5) is 15.2 Å². The molecule has 0 spiro atoms. The molecular formula is C26H27ClFN5O3S2. The number of para-hydroxylation sites is 2. The first-order valence-electron chi connectivity index (χ1n) is 11.9. The third-order valence-corrected chi connectivity index (χ3v) is 8.66. The van der Waals surface area contributed by atoms with Gasteiger partial charge in [-0.3, -0.25) is 14.4 Å². The van der Waals surface area contributed by atoms with Crippen molar-refractivity contribution < 1.29 is 17.6 Å². The molecule has 0 atom stereocenters. The molecule has 0 radical (unpaired) electrons. The summed E-state index contributed by atoms with van der Waals surface area (Å²) < 4.78 is 42.2. The van der Waals surface area contributed by atoms with Gasteiger partial charge >= 0.3 is 0 Å². The van der Waals surface area contributed by atoms with Gasteiger partial charge in [0.25, 0.3) is 15.9 Å². The normalized spacial score (nSPS) is 14.2. The van der Waals surface area contributed by atoms with Crippen molar-refractivity contribution >= 4 is 60.7 Å². The number of nitrogens with zero attached hydrogens (tertiary/aromatic N) is 3. The van der Waals surface area contributed by atoms with Gasteiger partial charge in [-0.05, 0) is 48.5 Å². The number of benzene rings is 3. The van der Waals surface area contributed by atoms with Crippen LogP contribution in [0.25, 0.3) is 10.2 Å². The zero-order chi connectivity index (χ0) is 25.8. The first kappa shape index (κ1) is 27.8. The molecule has 3 aromatic carbocycles. The standard InChI is InChI=1S/C26H26FN5O3S2.ClH/c27-19-9-11-20(12-10-19)37(34,35)30-22-6-2-1-5-21(22)25(33)28-13-14-31-15-17-32(18-16-31)26-29-23-7-3-4-8-24(23)36-26;/h1-12,30H,13-18H2,(H,28,33);1H. The van der Waals surface area contributed by atoms with Crippen molar-refractivity contribution in [2.24, 2.45) is 0 Å². The lowest BCUT2D eigenvalue weighted by Gasteiger charge is -2.34. The lowest BCUT2D eigenvalue weighted by atomic mass is 10.1. The van der Waals surface area contributed by atoms with Crippen molar-refractivity contribution in [3.63, 3.8) is 0 Å². The second-order valence-corrected chi connectivity index (χ2v) is 11.3. The molecule has 2 N–H and O–H groups in total. The molecule has 2 heterocycles. The number of anilines is 2. The van der Waals surface area contributed by atoms with Crippen LogP contribution in [0.3, 0.4) is 0 Å². The molecule has 1 saturated heterocycles. The summed E-state index contributed by atoms with van der Waals surface area (Å²) in [6.07, 6.45) is 0. The lowest BCUT2D eigenvalue weighted by molar-refractivity contribution is 0.0948. The highest BCUT2D eigenvalue weighted by Crippen LogP contribution is 2.29. The van der Waals surface area contributed by atoms with E-state index in [-0.39, 0.29) is 34.5 Å². The van der Waals surface area contributed by atoms with Gasteiger partial charge in [-0.1, -0.05) is 35.6 Å². The van der Waals surface area contributed by atoms with Gasteiger partial charge in [0.2, 0.25) is 0 Å². The Morgan fingerprint density at radius 2 is 1.63 bits per heavy atom. The molecule has 1 aliphatic rings. The highest BCUT2D eigenvalue weighted by molar-refractivity contribution is 7.92. The minimum Gasteiger partial charge on any atom is -0.351 e. The maximum atomic E-state index is 13.2. The van der Waals surface area contributed by atoms with E-state index in [0.29, 0.717) is 13.1 Å². The quantitative estimate of drug-likeness (QED) is 0.327. The number of nitrogens with one attached hydrogen (secondary N) is 2.